The van der Waals surface area contributed by atoms with Crippen LogP contribution in [0.25, 0.3) is 0 Å². The SMILES string of the molecule is COC(=O)N1CCC([C@@H](C)NC(=O)[C@@H](C)Sc2ccc([N+](=O)[O-])cc2)CC1. The Morgan fingerprint density at radius 1 is 1.26 bits per heavy atom. The number of hydrogen-bond donors (Lipinski definition) is 1. The van der Waals surface area contributed by atoms with Crippen molar-refractivity contribution in [3.05, 3.63) is 34.4 Å². The molecule has 0 bridgehead atoms. The molecule has 1 aromatic carbocycles. The Morgan fingerprint density at radius 3 is 2.37 bits per heavy atom. The van der Waals surface area contributed by atoms with Crippen LogP contribution in [0.3, 0.4) is 0 Å². The number of rotatable bonds is 6. The maximum atomic E-state index is 12.5. The van der Waals surface area contributed by atoms with Crippen LogP contribution in [0.1, 0.15) is 26.7 Å². The number of hydrogen-bond acceptors (Lipinski definition) is 6. The second-order valence-corrected chi connectivity index (χ2v) is 8.02. The molecule has 0 unspecified atom stereocenters. The topological polar surface area (TPSA) is 102 Å². The summed E-state index contributed by atoms with van der Waals surface area (Å²) in [6.07, 6.45) is 1.33. The minimum atomic E-state index is -0.447. The quantitative estimate of drug-likeness (QED) is 0.451. The van der Waals surface area contributed by atoms with Crippen molar-refractivity contribution in [3.8, 4) is 0 Å². The van der Waals surface area contributed by atoms with Crippen LogP contribution in [0, 0.1) is 16.0 Å². The highest BCUT2D eigenvalue weighted by Crippen LogP contribution is 2.26. The third kappa shape index (κ3) is 5.85. The summed E-state index contributed by atoms with van der Waals surface area (Å²) in [6.45, 7) is 5.06. The lowest BCUT2D eigenvalue weighted by atomic mass is 9.90. The Bertz CT molecular complexity index is 674. The second kappa shape index (κ2) is 9.59. The van der Waals surface area contributed by atoms with Gasteiger partial charge in [-0.05, 0) is 44.7 Å². The van der Waals surface area contributed by atoms with Crippen molar-refractivity contribution in [2.24, 2.45) is 5.92 Å². The highest BCUT2D eigenvalue weighted by Gasteiger charge is 2.28. The number of nitro benzene ring substituents is 1. The van der Waals surface area contributed by atoms with Gasteiger partial charge < -0.3 is 15.0 Å². The van der Waals surface area contributed by atoms with Crippen molar-refractivity contribution in [2.45, 2.75) is 42.9 Å². The zero-order chi connectivity index (χ0) is 20.0. The molecule has 1 fully saturated rings. The maximum Gasteiger partial charge on any atom is 0.409 e. The summed E-state index contributed by atoms with van der Waals surface area (Å²) >= 11 is 1.36. The van der Waals surface area contributed by atoms with Crippen molar-refractivity contribution in [1.29, 1.82) is 0 Å². The maximum absolute atomic E-state index is 12.5. The van der Waals surface area contributed by atoms with E-state index in [-0.39, 0.29) is 29.0 Å². The molecule has 148 valence electrons. The highest BCUT2D eigenvalue weighted by molar-refractivity contribution is 8.00. The van der Waals surface area contributed by atoms with Gasteiger partial charge in [0.25, 0.3) is 5.69 Å². The fraction of sp³-hybridized carbons (Fsp3) is 0.556. The van der Waals surface area contributed by atoms with Crippen molar-refractivity contribution in [3.63, 3.8) is 0 Å². The van der Waals surface area contributed by atoms with E-state index in [0.29, 0.717) is 19.0 Å². The van der Waals surface area contributed by atoms with Crippen molar-refractivity contribution in [2.75, 3.05) is 20.2 Å². The van der Waals surface area contributed by atoms with Crippen LogP contribution in [-0.4, -0.2) is 53.3 Å². The Morgan fingerprint density at radius 2 is 1.85 bits per heavy atom. The van der Waals surface area contributed by atoms with Crippen molar-refractivity contribution >= 4 is 29.4 Å². The lowest BCUT2D eigenvalue weighted by Gasteiger charge is -2.34. The molecule has 27 heavy (non-hydrogen) atoms. The number of amides is 2. The molecule has 0 saturated carbocycles. The molecular formula is C18H25N3O5S. The second-order valence-electron chi connectivity index (χ2n) is 6.60. The van der Waals surface area contributed by atoms with Gasteiger partial charge in [0.05, 0.1) is 17.3 Å². The van der Waals surface area contributed by atoms with Gasteiger partial charge >= 0.3 is 6.09 Å². The monoisotopic (exact) mass is 395 g/mol. The number of carbonyl (C=O) groups is 2. The summed E-state index contributed by atoms with van der Waals surface area (Å²) in [6, 6.07) is 6.18. The zero-order valence-corrected chi connectivity index (χ0v) is 16.5. The molecule has 1 aliphatic heterocycles. The molecule has 2 rings (SSSR count). The van der Waals surface area contributed by atoms with Crippen LogP contribution in [-0.2, 0) is 9.53 Å². The molecule has 0 aliphatic carbocycles. The summed E-state index contributed by atoms with van der Waals surface area (Å²) in [5, 5.41) is 13.4. The van der Waals surface area contributed by atoms with Crippen LogP contribution >= 0.6 is 11.8 Å². The van der Waals surface area contributed by atoms with E-state index >= 15 is 0 Å². The first kappa shape index (κ1) is 21.0. The average molecular weight is 395 g/mol. The van der Waals surface area contributed by atoms with Gasteiger partial charge in [-0.2, -0.15) is 0 Å². The van der Waals surface area contributed by atoms with Gasteiger partial charge in [0.2, 0.25) is 5.91 Å². The largest absolute Gasteiger partial charge is 0.453 e. The number of thioether (sulfide) groups is 1. The van der Waals surface area contributed by atoms with Gasteiger partial charge in [-0.15, -0.1) is 11.8 Å². The molecule has 8 nitrogen and oxygen atoms in total. The van der Waals surface area contributed by atoms with E-state index in [1.165, 1.54) is 31.0 Å². The Balaban J connectivity index is 1.81. The number of non-ortho nitro benzene ring substituents is 1. The van der Waals surface area contributed by atoms with E-state index in [2.05, 4.69) is 5.32 Å². The molecule has 1 aromatic rings. The van der Waals surface area contributed by atoms with Gasteiger partial charge in [-0.25, -0.2) is 4.79 Å². The summed E-state index contributed by atoms with van der Waals surface area (Å²) < 4.78 is 4.74. The number of carbonyl (C=O) groups excluding carboxylic acids is 2. The van der Waals surface area contributed by atoms with Gasteiger partial charge in [0.1, 0.15) is 0 Å². The first-order valence-electron chi connectivity index (χ1n) is 8.86. The number of nitrogens with zero attached hydrogens (tertiary/aromatic N) is 2. The Kier molecular flexibility index (Phi) is 7.46. The molecule has 2 atom stereocenters. The van der Waals surface area contributed by atoms with Crippen molar-refractivity contribution in [1.82, 2.24) is 10.2 Å². The van der Waals surface area contributed by atoms with Crippen LogP contribution in [0.4, 0.5) is 10.5 Å². The summed E-state index contributed by atoms with van der Waals surface area (Å²) in [7, 11) is 1.38. The molecule has 1 N–H and O–H groups in total. The van der Waals surface area contributed by atoms with Gasteiger partial charge in [0, 0.05) is 36.2 Å². The van der Waals surface area contributed by atoms with Gasteiger partial charge in [0.15, 0.2) is 0 Å². The zero-order valence-electron chi connectivity index (χ0n) is 15.7. The van der Waals surface area contributed by atoms with E-state index in [9.17, 15) is 19.7 Å². The number of nitrogens with one attached hydrogen (secondary N) is 1. The number of piperidine rings is 1. The van der Waals surface area contributed by atoms with E-state index in [1.807, 2.05) is 13.8 Å². The smallest absolute Gasteiger partial charge is 0.409 e. The lowest BCUT2D eigenvalue weighted by molar-refractivity contribution is -0.384. The van der Waals surface area contributed by atoms with Gasteiger partial charge in [-0.1, -0.05) is 0 Å². The number of ether oxygens (including phenoxy) is 1. The van der Waals surface area contributed by atoms with Crippen LogP contribution < -0.4 is 5.32 Å². The normalized spacial score (nSPS) is 17.1. The van der Waals surface area contributed by atoms with Crippen molar-refractivity contribution < 1.29 is 19.2 Å². The molecule has 2 amide bonds. The van der Waals surface area contributed by atoms with E-state index in [1.54, 1.807) is 17.0 Å². The predicted molar refractivity (Wildman–Crippen MR) is 103 cm³/mol. The third-order valence-electron chi connectivity index (χ3n) is 4.78. The minimum absolute atomic E-state index is 0.0113. The standard InChI is InChI=1S/C18H25N3O5S/c1-12(14-8-10-20(11-9-14)18(23)26-3)19-17(22)13(2)27-16-6-4-15(5-7-16)21(24)25/h4-7,12-14H,8-11H2,1-3H3,(H,19,22)/t12-,13-/m1/s1. The number of methoxy groups -OCH3 is 1. The molecular weight excluding hydrogens is 370 g/mol. The Labute approximate surface area is 162 Å². The van der Waals surface area contributed by atoms with Crippen LogP contribution in [0.2, 0.25) is 0 Å². The highest BCUT2D eigenvalue weighted by atomic mass is 32.2. The number of benzene rings is 1. The molecule has 0 aromatic heterocycles. The fourth-order valence-electron chi connectivity index (χ4n) is 3.07. The molecule has 1 saturated heterocycles. The first-order valence-corrected chi connectivity index (χ1v) is 9.74. The van der Waals surface area contributed by atoms with E-state index in [4.69, 9.17) is 4.74 Å². The lowest BCUT2D eigenvalue weighted by Crippen LogP contribution is -2.47. The molecule has 1 aliphatic rings. The molecule has 1 heterocycles. The fourth-order valence-corrected chi connectivity index (χ4v) is 3.95. The molecule has 0 spiro atoms. The minimum Gasteiger partial charge on any atom is -0.453 e. The Hall–Kier alpha value is -2.29. The summed E-state index contributed by atoms with van der Waals surface area (Å²) in [5.74, 6) is 0.243. The van der Waals surface area contributed by atoms with E-state index in [0.717, 1.165) is 17.7 Å². The molecule has 9 heteroatoms. The van der Waals surface area contributed by atoms with Gasteiger partial charge in [-0.3, -0.25) is 14.9 Å². The van der Waals surface area contributed by atoms with E-state index < -0.39 is 4.92 Å². The average Bonchev–Trinajstić information content (AvgIpc) is 2.67. The predicted octanol–water partition coefficient (Wildman–Crippen LogP) is 3.06. The number of nitro groups is 1. The third-order valence-corrected chi connectivity index (χ3v) is 5.89. The summed E-state index contributed by atoms with van der Waals surface area (Å²) in [4.78, 5) is 36.7. The number of likely N-dealkylation sites (tertiary alicyclic amines) is 1. The first-order chi connectivity index (χ1) is 12.8. The van der Waals surface area contributed by atoms with Crippen LogP contribution in [0.15, 0.2) is 29.2 Å². The summed E-state index contributed by atoms with van der Waals surface area (Å²) in [5.41, 5.74) is 0.0309. The van der Waals surface area contributed by atoms with Crippen LogP contribution in [0.5, 0.6) is 0 Å². The molecule has 0 radical (unpaired) electrons.